The molecule has 1 atom stereocenters. The number of nitrogen functional groups attached to an aromatic ring is 1. The standard InChI is InChI=1S/C15H19N3OS/c1-10(11-7-5-4-6-8-11)17-13-9-12(16)14(20-13)15(19)18(2)3/h4-10,17H,16H2,1-3H3. The van der Waals surface area contributed by atoms with Gasteiger partial charge >= 0.3 is 0 Å². The fourth-order valence-corrected chi connectivity index (χ4v) is 2.97. The predicted octanol–water partition coefficient (Wildman–Crippen LogP) is 3.21. The summed E-state index contributed by atoms with van der Waals surface area (Å²) in [6.45, 7) is 2.08. The van der Waals surface area contributed by atoms with Crippen LogP contribution in [0.5, 0.6) is 0 Å². The second-order valence-corrected chi connectivity index (χ2v) is 5.92. The molecular weight excluding hydrogens is 270 g/mol. The van der Waals surface area contributed by atoms with E-state index in [1.165, 1.54) is 21.8 Å². The van der Waals surface area contributed by atoms with Crippen molar-refractivity contribution in [1.29, 1.82) is 0 Å². The number of carbonyl (C=O) groups is 1. The van der Waals surface area contributed by atoms with Crippen LogP contribution in [0.15, 0.2) is 36.4 Å². The molecule has 0 bridgehead atoms. The number of nitrogens with two attached hydrogens (primary N) is 1. The highest BCUT2D eigenvalue weighted by Gasteiger charge is 2.17. The zero-order valence-corrected chi connectivity index (χ0v) is 12.7. The monoisotopic (exact) mass is 289 g/mol. The molecule has 1 aromatic carbocycles. The second-order valence-electron chi connectivity index (χ2n) is 4.87. The van der Waals surface area contributed by atoms with E-state index in [1.807, 2.05) is 24.3 Å². The summed E-state index contributed by atoms with van der Waals surface area (Å²) >= 11 is 1.39. The van der Waals surface area contributed by atoms with E-state index in [-0.39, 0.29) is 11.9 Å². The summed E-state index contributed by atoms with van der Waals surface area (Å²) in [5, 5.41) is 4.29. The maximum absolute atomic E-state index is 12.0. The summed E-state index contributed by atoms with van der Waals surface area (Å²) in [6.07, 6.45) is 0. The fraction of sp³-hybridized carbons (Fsp3) is 0.267. The van der Waals surface area contributed by atoms with Crippen LogP contribution in [-0.4, -0.2) is 24.9 Å². The minimum Gasteiger partial charge on any atom is -0.397 e. The minimum atomic E-state index is -0.0621. The van der Waals surface area contributed by atoms with E-state index in [0.29, 0.717) is 10.6 Å². The Morgan fingerprint density at radius 1 is 1.30 bits per heavy atom. The van der Waals surface area contributed by atoms with Gasteiger partial charge in [-0.3, -0.25) is 4.79 Å². The number of carbonyl (C=O) groups excluding carboxylic acids is 1. The van der Waals surface area contributed by atoms with Gasteiger partial charge in [-0.15, -0.1) is 11.3 Å². The lowest BCUT2D eigenvalue weighted by Gasteiger charge is -2.13. The molecule has 0 aliphatic carbocycles. The van der Waals surface area contributed by atoms with Gasteiger partial charge < -0.3 is 16.0 Å². The van der Waals surface area contributed by atoms with Gasteiger partial charge in [0.25, 0.3) is 5.91 Å². The number of nitrogens with one attached hydrogen (secondary N) is 1. The van der Waals surface area contributed by atoms with Crippen LogP contribution in [0.1, 0.15) is 28.2 Å². The molecular formula is C15H19N3OS. The van der Waals surface area contributed by atoms with Crippen molar-refractivity contribution in [3.05, 3.63) is 46.8 Å². The van der Waals surface area contributed by atoms with Gasteiger partial charge in [0.1, 0.15) is 4.88 Å². The summed E-state index contributed by atoms with van der Waals surface area (Å²) < 4.78 is 0. The van der Waals surface area contributed by atoms with Gasteiger partial charge in [0, 0.05) is 20.1 Å². The molecule has 0 aliphatic rings. The molecule has 1 heterocycles. The Morgan fingerprint density at radius 3 is 2.55 bits per heavy atom. The van der Waals surface area contributed by atoms with Crippen molar-refractivity contribution >= 4 is 27.9 Å². The van der Waals surface area contributed by atoms with Crippen LogP contribution in [-0.2, 0) is 0 Å². The van der Waals surface area contributed by atoms with Gasteiger partial charge in [-0.25, -0.2) is 0 Å². The minimum absolute atomic E-state index is 0.0621. The molecule has 106 valence electrons. The second kappa shape index (κ2) is 5.96. The number of hydrogen-bond acceptors (Lipinski definition) is 4. The van der Waals surface area contributed by atoms with E-state index < -0.39 is 0 Å². The van der Waals surface area contributed by atoms with Gasteiger partial charge in [-0.2, -0.15) is 0 Å². The molecule has 20 heavy (non-hydrogen) atoms. The zero-order chi connectivity index (χ0) is 14.7. The number of anilines is 2. The molecule has 0 saturated carbocycles. The molecule has 1 amide bonds. The first-order valence-corrected chi connectivity index (χ1v) is 7.23. The Bertz CT molecular complexity index is 592. The molecule has 0 radical (unpaired) electrons. The Labute approximate surface area is 123 Å². The molecule has 0 spiro atoms. The third-order valence-electron chi connectivity index (χ3n) is 3.02. The van der Waals surface area contributed by atoms with Crippen molar-refractivity contribution in [2.75, 3.05) is 25.1 Å². The van der Waals surface area contributed by atoms with Crippen molar-refractivity contribution < 1.29 is 4.79 Å². The maximum atomic E-state index is 12.0. The van der Waals surface area contributed by atoms with Crippen molar-refractivity contribution in [2.45, 2.75) is 13.0 Å². The highest BCUT2D eigenvalue weighted by atomic mass is 32.1. The lowest BCUT2D eigenvalue weighted by atomic mass is 10.1. The Hall–Kier alpha value is -2.01. The van der Waals surface area contributed by atoms with Crippen molar-refractivity contribution in [3.63, 3.8) is 0 Å². The fourth-order valence-electron chi connectivity index (χ4n) is 1.88. The number of rotatable bonds is 4. The van der Waals surface area contributed by atoms with E-state index >= 15 is 0 Å². The third kappa shape index (κ3) is 3.11. The van der Waals surface area contributed by atoms with Crippen LogP contribution < -0.4 is 11.1 Å². The van der Waals surface area contributed by atoms with Crippen LogP contribution in [0.2, 0.25) is 0 Å². The summed E-state index contributed by atoms with van der Waals surface area (Å²) in [4.78, 5) is 14.1. The van der Waals surface area contributed by atoms with Crippen LogP contribution in [0.3, 0.4) is 0 Å². The number of thiophene rings is 1. The number of benzene rings is 1. The van der Waals surface area contributed by atoms with Crippen LogP contribution in [0.25, 0.3) is 0 Å². The molecule has 1 aromatic heterocycles. The summed E-state index contributed by atoms with van der Waals surface area (Å²) in [5.41, 5.74) is 7.64. The molecule has 4 nitrogen and oxygen atoms in total. The smallest absolute Gasteiger partial charge is 0.265 e. The normalized spacial score (nSPS) is 11.9. The third-order valence-corrected chi connectivity index (χ3v) is 4.09. The van der Waals surface area contributed by atoms with Crippen LogP contribution >= 0.6 is 11.3 Å². The summed E-state index contributed by atoms with van der Waals surface area (Å²) in [6, 6.07) is 12.1. The average molecular weight is 289 g/mol. The summed E-state index contributed by atoms with van der Waals surface area (Å²) in [7, 11) is 3.45. The first-order valence-electron chi connectivity index (χ1n) is 6.41. The largest absolute Gasteiger partial charge is 0.397 e. The van der Waals surface area contributed by atoms with Crippen molar-refractivity contribution in [1.82, 2.24) is 4.90 Å². The molecule has 0 fully saturated rings. The van der Waals surface area contributed by atoms with E-state index in [0.717, 1.165) is 5.00 Å². The van der Waals surface area contributed by atoms with Gasteiger partial charge in [-0.1, -0.05) is 30.3 Å². The topological polar surface area (TPSA) is 58.4 Å². The first-order chi connectivity index (χ1) is 9.49. The lowest BCUT2D eigenvalue weighted by Crippen LogP contribution is -2.21. The first kappa shape index (κ1) is 14.4. The van der Waals surface area contributed by atoms with Crippen LogP contribution in [0.4, 0.5) is 10.7 Å². The van der Waals surface area contributed by atoms with Gasteiger partial charge in [0.2, 0.25) is 0 Å². The number of nitrogens with zero attached hydrogens (tertiary/aromatic N) is 1. The quantitative estimate of drug-likeness (QED) is 0.908. The van der Waals surface area contributed by atoms with Gasteiger partial charge in [0.05, 0.1) is 10.7 Å². The molecule has 2 aromatic rings. The molecule has 0 saturated heterocycles. The van der Waals surface area contributed by atoms with E-state index in [2.05, 4.69) is 24.4 Å². The maximum Gasteiger partial charge on any atom is 0.265 e. The molecule has 3 N–H and O–H groups in total. The molecule has 5 heteroatoms. The van der Waals surface area contributed by atoms with Crippen molar-refractivity contribution in [3.8, 4) is 0 Å². The van der Waals surface area contributed by atoms with E-state index in [1.54, 1.807) is 14.1 Å². The van der Waals surface area contributed by atoms with Crippen LogP contribution in [0, 0.1) is 0 Å². The molecule has 1 unspecified atom stereocenters. The molecule has 2 rings (SSSR count). The number of hydrogen-bond donors (Lipinski definition) is 2. The van der Waals surface area contributed by atoms with E-state index in [4.69, 9.17) is 5.73 Å². The average Bonchev–Trinajstić information content (AvgIpc) is 2.79. The van der Waals surface area contributed by atoms with E-state index in [9.17, 15) is 4.79 Å². The Kier molecular flexibility index (Phi) is 4.29. The van der Waals surface area contributed by atoms with Crippen molar-refractivity contribution in [2.24, 2.45) is 0 Å². The zero-order valence-electron chi connectivity index (χ0n) is 11.9. The highest BCUT2D eigenvalue weighted by molar-refractivity contribution is 7.18. The van der Waals surface area contributed by atoms with Gasteiger partial charge in [-0.05, 0) is 18.6 Å². The lowest BCUT2D eigenvalue weighted by molar-refractivity contribution is 0.0833. The summed E-state index contributed by atoms with van der Waals surface area (Å²) in [5.74, 6) is -0.0621. The van der Waals surface area contributed by atoms with Gasteiger partial charge in [0.15, 0.2) is 0 Å². The highest BCUT2D eigenvalue weighted by Crippen LogP contribution is 2.32. The number of amides is 1. The SMILES string of the molecule is CC(Nc1cc(N)c(C(=O)N(C)C)s1)c1ccccc1. The Morgan fingerprint density at radius 2 is 1.95 bits per heavy atom. The predicted molar refractivity (Wildman–Crippen MR) is 85.2 cm³/mol. The molecule has 0 aliphatic heterocycles. The Balaban J connectivity index is 2.15.